The van der Waals surface area contributed by atoms with E-state index in [1.165, 1.54) is 5.56 Å². The van der Waals surface area contributed by atoms with Crippen molar-refractivity contribution in [1.82, 2.24) is 4.98 Å². The van der Waals surface area contributed by atoms with Gasteiger partial charge in [0.15, 0.2) is 0 Å². The van der Waals surface area contributed by atoms with Crippen LogP contribution in [0.25, 0.3) is 0 Å². The van der Waals surface area contributed by atoms with Gasteiger partial charge in [-0.15, -0.1) is 0 Å². The first kappa shape index (κ1) is 12.1. The Morgan fingerprint density at radius 3 is 2.59 bits per heavy atom. The molecule has 2 nitrogen and oxygen atoms in total. The molecule has 0 spiro atoms. The highest BCUT2D eigenvalue weighted by atomic mass is 79.9. The number of aromatic nitrogens is 1. The van der Waals surface area contributed by atoms with Crippen molar-refractivity contribution >= 4 is 21.6 Å². The van der Waals surface area contributed by atoms with Crippen LogP contribution >= 0.6 is 15.9 Å². The molecule has 88 valence electrons. The van der Waals surface area contributed by atoms with Crippen LogP contribution in [-0.2, 0) is 6.54 Å². The molecule has 1 heterocycles. The molecule has 0 aliphatic heterocycles. The van der Waals surface area contributed by atoms with Crippen LogP contribution in [0.5, 0.6) is 0 Å². The van der Waals surface area contributed by atoms with E-state index in [-0.39, 0.29) is 0 Å². The Kier molecular flexibility index (Phi) is 3.79. The second-order valence-corrected chi connectivity index (χ2v) is 4.84. The predicted octanol–water partition coefficient (Wildman–Crippen LogP) is 4.07. The number of hydrogen-bond acceptors (Lipinski definition) is 2. The summed E-state index contributed by atoms with van der Waals surface area (Å²) in [5, 5.41) is 3.42. The summed E-state index contributed by atoms with van der Waals surface area (Å²) in [6.07, 6.45) is 0. The zero-order chi connectivity index (χ0) is 12.3. The number of pyridine rings is 1. The van der Waals surface area contributed by atoms with Crippen molar-refractivity contribution < 1.29 is 0 Å². The summed E-state index contributed by atoms with van der Waals surface area (Å²) in [6, 6.07) is 12.4. The first-order chi connectivity index (χ1) is 8.16. The molecule has 2 aromatic rings. The monoisotopic (exact) mass is 290 g/mol. The van der Waals surface area contributed by atoms with Crippen molar-refractivity contribution in [1.29, 1.82) is 0 Å². The summed E-state index contributed by atoms with van der Waals surface area (Å²) in [6.45, 7) is 4.83. The second kappa shape index (κ2) is 5.32. The summed E-state index contributed by atoms with van der Waals surface area (Å²) in [7, 11) is 0. The van der Waals surface area contributed by atoms with Gasteiger partial charge in [-0.2, -0.15) is 0 Å². The minimum Gasteiger partial charge on any atom is -0.380 e. The molecule has 0 atom stereocenters. The fourth-order valence-corrected chi connectivity index (χ4v) is 2.08. The fraction of sp³-hybridized carbons (Fsp3) is 0.214. The van der Waals surface area contributed by atoms with Gasteiger partial charge in [-0.1, -0.05) is 30.3 Å². The van der Waals surface area contributed by atoms with E-state index in [1.54, 1.807) is 0 Å². The average molecular weight is 291 g/mol. The molecule has 17 heavy (non-hydrogen) atoms. The minimum absolute atomic E-state index is 0.822. The molecule has 0 radical (unpaired) electrons. The van der Waals surface area contributed by atoms with Crippen molar-refractivity contribution in [2.45, 2.75) is 20.4 Å². The summed E-state index contributed by atoms with van der Waals surface area (Å²) >= 11 is 3.56. The smallest absolute Gasteiger partial charge is 0.0619 e. The third-order valence-corrected chi connectivity index (χ3v) is 3.58. The van der Waals surface area contributed by atoms with Crippen molar-refractivity contribution in [3.63, 3.8) is 0 Å². The Balaban J connectivity index is 2.14. The van der Waals surface area contributed by atoms with E-state index >= 15 is 0 Å². The lowest BCUT2D eigenvalue weighted by atomic mass is 10.2. The van der Waals surface area contributed by atoms with Gasteiger partial charge in [0.25, 0.3) is 0 Å². The largest absolute Gasteiger partial charge is 0.380 e. The molecule has 0 bridgehead atoms. The van der Waals surface area contributed by atoms with E-state index in [9.17, 15) is 0 Å². The van der Waals surface area contributed by atoms with Crippen molar-refractivity contribution in [2.24, 2.45) is 0 Å². The Morgan fingerprint density at radius 2 is 1.88 bits per heavy atom. The number of nitrogens with one attached hydrogen (secondary N) is 1. The van der Waals surface area contributed by atoms with Crippen LogP contribution in [0.3, 0.4) is 0 Å². The number of aryl methyl sites for hydroxylation is 2. The van der Waals surface area contributed by atoms with Crippen LogP contribution in [0, 0.1) is 13.8 Å². The maximum absolute atomic E-state index is 4.40. The highest BCUT2D eigenvalue weighted by molar-refractivity contribution is 9.10. The van der Waals surface area contributed by atoms with Gasteiger partial charge in [0.05, 0.1) is 15.9 Å². The van der Waals surface area contributed by atoms with E-state index in [2.05, 4.69) is 56.6 Å². The van der Waals surface area contributed by atoms with E-state index in [1.807, 2.05) is 19.9 Å². The van der Waals surface area contributed by atoms with Crippen LogP contribution in [0.4, 0.5) is 5.69 Å². The van der Waals surface area contributed by atoms with Crippen molar-refractivity contribution in [2.75, 3.05) is 5.32 Å². The normalized spacial score (nSPS) is 10.3. The SMILES string of the molecule is Cc1cc(NCc2ccccc2)c(Br)c(C)n1. The highest BCUT2D eigenvalue weighted by Gasteiger charge is 2.04. The van der Waals surface area contributed by atoms with Crippen LogP contribution < -0.4 is 5.32 Å². The van der Waals surface area contributed by atoms with Crippen LogP contribution in [0.15, 0.2) is 40.9 Å². The lowest BCUT2D eigenvalue weighted by Gasteiger charge is -2.11. The first-order valence-electron chi connectivity index (χ1n) is 5.58. The van der Waals surface area contributed by atoms with Gasteiger partial charge in [-0.05, 0) is 41.4 Å². The quantitative estimate of drug-likeness (QED) is 0.922. The zero-order valence-corrected chi connectivity index (χ0v) is 11.6. The number of rotatable bonds is 3. The molecule has 3 heteroatoms. The van der Waals surface area contributed by atoms with Crippen LogP contribution in [0.2, 0.25) is 0 Å². The maximum Gasteiger partial charge on any atom is 0.0619 e. The molecule has 1 aromatic heterocycles. The van der Waals surface area contributed by atoms with Crippen LogP contribution in [-0.4, -0.2) is 4.98 Å². The standard InChI is InChI=1S/C14H15BrN2/c1-10-8-13(14(15)11(2)17-10)16-9-12-6-4-3-5-7-12/h3-8H,9H2,1-2H3,(H,16,17). The van der Waals surface area contributed by atoms with Crippen molar-refractivity contribution in [3.05, 3.63) is 57.8 Å². The van der Waals surface area contributed by atoms with Gasteiger partial charge in [-0.25, -0.2) is 0 Å². The molecule has 1 N–H and O–H groups in total. The predicted molar refractivity (Wildman–Crippen MR) is 75.2 cm³/mol. The fourth-order valence-electron chi connectivity index (χ4n) is 1.73. The number of hydrogen-bond donors (Lipinski definition) is 1. The number of anilines is 1. The minimum atomic E-state index is 0.822. The molecule has 1 aromatic carbocycles. The summed E-state index contributed by atoms with van der Waals surface area (Å²) in [5.74, 6) is 0. The highest BCUT2D eigenvalue weighted by Crippen LogP contribution is 2.26. The van der Waals surface area contributed by atoms with Crippen molar-refractivity contribution in [3.8, 4) is 0 Å². The average Bonchev–Trinajstić information content (AvgIpc) is 2.33. The summed E-state index contributed by atoms with van der Waals surface area (Å²) in [5.41, 5.74) is 4.41. The molecular formula is C14H15BrN2. The molecule has 0 fully saturated rings. The molecule has 2 rings (SSSR count). The lowest BCUT2D eigenvalue weighted by Crippen LogP contribution is -2.02. The molecule has 0 aliphatic carbocycles. The van der Waals surface area contributed by atoms with Gasteiger partial charge in [0.1, 0.15) is 0 Å². The van der Waals surface area contributed by atoms with E-state index in [4.69, 9.17) is 0 Å². The zero-order valence-electron chi connectivity index (χ0n) is 10.00. The molecule has 0 amide bonds. The number of nitrogens with zero attached hydrogens (tertiary/aromatic N) is 1. The van der Waals surface area contributed by atoms with Gasteiger partial charge in [0, 0.05) is 12.2 Å². The first-order valence-corrected chi connectivity index (χ1v) is 6.37. The second-order valence-electron chi connectivity index (χ2n) is 4.05. The molecule has 0 unspecified atom stereocenters. The molecular weight excluding hydrogens is 276 g/mol. The van der Waals surface area contributed by atoms with E-state index in [0.29, 0.717) is 0 Å². The number of benzene rings is 1. The molecule has 0 saturated heterocycles. The number of halogens is 1. The van der Waals surface area contributed by atoms with Gasteiger partial charge < -0.3 is 5.32 Å². The topological polar surface area (TPSA) is 24.9 Å². The van der Waals surface area contributed by atoms with Gasteiger partial charge >= 0.3 is 0 Å². The summed E-state index contributed by atoms with van der Waals surface area (Å²) < 4.78 is 1.04. The third kappa shape index (κ3) is 3.07. The maximum atomic E-state index is 4.40. The molecule has 0 saturated carbocycles. The Morgan fingerprint density at radius 1 is 1.18 bits per heavy atom. The van der Waals surface area contributed by atoms with Gasteiger partial charge in [0.2, 0.25) is 0 Å². The van der Waals surface area contributed by atoms with Gasteiger partial charge in [-0.3, -0.25) is 4.98 Å². The molecule has 0 aliphatic rings. The Bertz CT molecular complexity index is 509. The Hall–Kier alpha value is -1.35. The van der Waals surface area contributed by atoms with E-state index < -0.39 is 0 Å². The Labute approximate surface area is 110 Å². The van der Waals surface area contributed by atoms with Crippen LogP contribution in [0.1, 0.15) is 17.0 Å². The third-order valence-electron chi connectivity index (χ3n) is 2.58. The lowest BCUT2D eigenvalue weighted by molar-refractivity contribution is 1.08. The summed E-state index contributed by atoms with van der Waals surface area (Å²) in [4.78, 5) is 4.40. The van der Waals surface area contributed by atoms with E-state index in [0.717, 1.165) is 28.1 Å².